The van der Waals surface area contributed by atoms with E-state index in [0.29, 0.717) is 0 Å². The summed E-state index contributed by atoms with van der Waals surface area (Å²) in [5.74, 6) is 0. The van der Waals surface area contributed by atoms with Crippen LogP contribution in [0.1, 0.15) is 66.5 Å². The Morgan fingerprint density at radius 3 is 1.43 bits per heavy atom. The van der Waals surface area contributed by atoms with Gasteiger partial charge in [0.15, 0.2) is 0 Å². The molecule has 0 saturated carbocycles. The Morgan fingerprint density at radius 1 is 0.783 bits per heavy atom. The first-order chi connectivity index (χ1) is 10.1. The van der Waals surface area contributed by atoms with Crippen LogP contribution in [0, 0.1) is 0 Å². The van der Waals surface area contributed by atoms with Crippen LogP contribution in [0.4, 0.5) is 0 Å². The summed E-state index contributed by atoms with van der Waals surface area (Å²) in [5.41, 5.74) is -0.641. The van der Waals surface area contributed by atoms with E-state index in [2.05, 4.69) is 0 Å². The molecule has 0 unspecified atom stereocenters. The van der Waals surface area contributed by atoms with Crippen molar-refractivity contribution in [1.82, 2.24) is 0 Å². The Kier molecular flexibility index (Phi) is 4.27. The molecule has 0 aliphatic carbocycles. The summed E-state index contributed by atoms with van der Waals surface area (Å²) in [4.78, 5) is 0. The lowest BCUT2D eigenvalue weighted by Gasteiger charge is -2.32. The van der Waals surface area contributed by atoms with Gasteiger partial charge in [0.25, 0.3) is 0 Å². The van der Waals surface area contributed by atoms with Gasteiger partial charge < -0.3 is 19.5 Å². The molecule has 1 aliphatic rings. The first kappa shape index (κ1) is 18.5. The van der Waals surface area contributed by atoms with Gasteiger partial charge in [0, 0.05) is 0 Å². The summed E-state index contributed by atoms with van der Waals surface area (Å²) < 4.78 is 12.2. The molecule has 1 aromatic rings. The zero-order valence-electron chi connectivity index (χ0n) is 15.5. The molecule has 1 aromatic carbocycles. The van der Waals surface area contributed by atoms with Crippen molar-refractivity contribution in [3.63, 3.8) is 0 Å². The maximum absolute atomic E-state index is 10.4. The monoisotopic (exact) mass is 320 g/mol. The largest absolute Gasteiger partial charge is 0.494 e. The quantitative estimate of drug-likeness (QED) is 0.840. The molecule has 1 fully saturated rings. The van der Waals surface area contributed by atoms with Gasteiger partial charge in [-0.1, -0.05) is 18.2 Å². The van der Waals surface area contributed by atoms with Crippen LogP contribution < -0.4 is 5.46 Å². The van der Waals surface area contributed by atoms with Crippen LogP contribution in [0.25, 0.3) is 0 Å². The normalized spacial score (nSPS) is 20.9. The molecule has 4 nitrogen and oxygen atoms in total. The third-order valence-electron chi connectivity index (χ3n) is 4.89. The van der Waals surface area contributed by atoms with E-state index in [1.54, 1.807) is 27.7 Å². The predicted molar refractivity (Wildman–Crippen MR) is 92.6 cm³/mol. The topological polar surface area (TPSA) is 58.9 Å². The zero-order valence-corrected chi connectivity index (χ0v) is 15.5. The van der Waals surface area contributed by atoms with E-state index >= 15 is 0 Å². The maximum Gasteiger partial charge on any atom is 0.494 e. The highest BCUT2D eigenvalue weighted by atomic mass is 16.7. The van der Waals surface area contributed by atoms with Gasteiger partial charge in [0.2, 0.25) is 0 Å². The van der Waals surface area contributed by atoms with Crippen LogP contribution in [0.15, 0.2) is 18.2 Å². The molecule has 0 aromatic heterocycles. The third-order valence-corrected chi connectivity index (χ3v) is 4.89. The first-order valence-electron chi connectivity index (χ1n) is 8.10. The summed E-state index contributed by atoms with van der Waals surface area (Å²) in [7, 11) is -0.525. The van der Waals surface area contributed by atoms with Gasteiger partial charge in [-0.15, -0.1) is 0 Å². The van der Waals surface area contributed by atoms with E-state index in [4.69, 9.17) is 9.31 Å². The highest BCUT2D eigenvalue weighted by Crippen LogP contribution is 2.37. The Morgan fingerprint density at radius 2 is 1.13 bits per heavy atom. The molecule has 5 heteroatoms. The smallest absolute Gasteiger partial charge is 0.399 e. The Labute approximate surface area is 140 Å². The zero-order chi connectivity index (χ0) is 17.8. The molecule has 0 atom stereocenters. The second-order valence-corrected chi connectivity index (χ2v) is 8.55. The minimum atomic E-state index is -1.01. The molecule has 1 aliphatic heterocycles. The molecular formula is C18H29BO4. The Bertz CT molecular complexity index is 546. The molecule has 0 bridgehead atoms. The van der Waals surface area contributed by atoms with Crippen LogP contribution in [-0.4, -0.2) is 28.5 Å². The second-order valence-electron chi connectivity index (χ2n) is 8.55. The van der Waals surface area contributed by atoms with Crippen molar-refractivity contribution in [3.05, 3.63) is 29.3 Å². The highest BCUT2D eigenvalue weighted by molar-refractivity contribution is 6.62. The van der Waals surface area contributed by atoms with Crippen molar-refractivity contribution in [2.45, 2.75) is 77.8 Å². The number of rotatable bonds is 3. The van der Waals surface area contributed by atoms with Crippen molar-refractivity contribution >= 4 is 12.6 Å². The lowest BCUT2D eigenvalue weighted by molar-refractivity contribution is 0.00578. The van der Waals surface area contributed by atoms with E-state index in [0.717, 1.165) is 16.6 Å². The Balaban J connectivity index is 2.51. The van der Waals surface area contributed by atoms with E-state index in [1.807, 2.05) is 45.9 Å². The molecule has 128 valence electrons. The van der Waals surface area contributed by atoms with Gasteiger partial charge in [-0.25, -0.2) is 0 Å². The van der Waals surface area contributed by atoms with Gasteiger partial charge in [-0.2, -0.15) is 0 Å². The average molecular weight is 320 g/mol. The minimum absolute atomic E-state index is 0.433. The fraction of sp³-hybridized carbons (Fsp3) is 0.667. The molecule has 0 radical (unpaired) electrons. The molecule has 0 amide bonds. The number of aliphatic hydroxyl groups is 2. The second kappa shape index (κ2) is 5.31. The van der Waals surface area contributed by atoms with Crippen LogP contribution in [-0.2, 0) is 20.5 Å². The third kappa shape index (κ3) is 3.63. The van der Waals surface area contributed by atoms with E-state index < -0.39 is 29.5 Å². The SMILES string of the molecule is CC(C)(O)c1cc(B2OC(C)(C)C(C)(C)O2)cc(C(C)(C)O)c1. The summed E-state index contributed by atoms with van der Waals surface area (Å²) in [6.07, 6.45) is 0. The van der Waals surface area contributed by atoms with Crippen LogP contribution in [0.2, 0.25) is 0 Å². The van der Waals surface area contributed by atoms with Gasteiger partial charge >= 0.3 is 7.12 Å². The highest BCUT2D eigenvalue weighted by Gasteiger charge is 2.52. The summed E-state index contributed by atoms with van der Waals surface area (Å²) in [6, 6.07) is 5.60. The lowest BCUT2D eigenvalue weighted by Crippen LogP contribution is -2.41. The first-order valence-corrected chi connectivity index (χ1v) is 8.10. The molecule has 1 heterocycles. The Hall–Kier alpha value is -0.875. The van der Waals surface area contributed by atoms with E-state index in [-0.39, 0.29) is 0 Å². The minimum Gasteiger partial charge on any atom is -0.399 e. The van der Waals surface area contributed by atoms with Crippen LogP contribution in [0.3, 0.4) is 0 Å². The van der Waals surface area contributed by atoms with Crippen molar-refractivity contribution in [2.24, 2.45) is 0 Å². The maximum atomic E-state index is 10.4. The standard InChI is InChI=1S/C18H29BO4/c1-15(2,20)12-9-13(16(3,4)21)11-14(10-12)19-22-17(5,6)18(7,8)23-19/h9-11,20-21H,1-8H3. The molecular weight excluding hydrogens is 291 g/mol. The average Bonchev–Trinajstić information content (AvgIpc) is 2.56. The molecule has 0 spiro atoms. The molecule has 23 heavy (non-hydrogen) atoms. The number of hydrogen-bond acceptors (Lipinski definition) is 4. The van der Waals surface area contributed by atoms with Crippen molar-refractivity contribution in [3.8, 4) is 0 Å². The van der Waals surface area contributed by atoms with E-state index in [1.165, 1.54) is 0 Å². The van der Waals surface area contributed by atoms with Crippen LogP contribution >= 0.6 is 0 Å². The van der Waals surface area contributed by atoms with E-state index in [9.17, 15) is 10.2 Å². The lowest BCUT2D eigenvalue weighted by atomic mass is 9.74. The molecule has 2 rings (SSSR count). The van der Waals surface area contributed by atoms with Crippen molar-refractivity contribution in [1.29, 1.82) is 0 Å². The molecule has 2 N–H and O–H groups in total. The summed E-state index contributed by atoms with van der Waals surface area (Å²) in [6.45, 7) is 14.9. The number of hydrogen-bond donors (Lipinski definition) is 2. The predicted octanol–water partition coefficient (Wildman–Crippen LogP) is 2.44. The van der Waals surface area contributed by atoms with Gasteiger partial charge in [0.1, 0.15) is 0 Å². The molecule has 1 saturated heterocycles. The summed E-state index contributed by atoms with van der Waals surface area (Å²) in [5, 5.41) is 20.8. The van der Waals surface area contributed by atoms with Gasteiger partial charge in [-0.05, 0) is 72.0 Å². The van der Waals surface area contributed by atoms with Gasteiger partial charge in [0.05, 0.1) is 22.4 Å². The fourth-order valence-corrected chi connectivity index (χ4v) is 2.47. The van der Waals surface area contributed by atoms with Crippen molar-refractivity contribution < 1.29 is 19.5 Å². The van der Waals surface area contributed by atoms with Gasteiger partial charge in [-0.3, -0.25) is 0 Å². The fourth-order valence-electron chi connectivity index (χ4n) is 2.47. The van der Waals surface area contributed by atoms with Crippen LogP contribution in [0.5, 0.6) is 0 Å². The summed E-state index contributed by atoms with van der Waals surface area (Å²) >= 11 is 0. The van der Waals surface area contributed by atoms with Crippen molar-refractivity contribution in [2.75, 3.05) is 0 Å². The number of benzene rings is 1.